The molecule has 17 heavy (non-hydrogen) atoms. The van der Waals surface area contributed by atoms with Crippen LogP contribution in [0.15, 0.2) is 30.3 Å². The normalized spacial score (nSPS) is 15.8. The van der Waals surface area contributed by atoms with Crippen molar-refractivity contribution in [1.29, 1.82) is 0 Å². The van der Waals surface area contributed by atoms with Gasteiger partial charge in [0, 0.05) is 0 Å². The van der Waals surface area contributed by atoms with Crippen LogP contribution in [-0.2, 0) is 23.2 Å². The van der Waals surface area contributed by atoms with Crippen molar-refractivity contribution in [2.75, 3.05) is 0 Å². The summed E-state index contributed by atoms with van der Waals surface area (Å²) in [5, 5.41) is 0. The molecular weight excluding hydrogens is 354 g/mol. The Morgan fingerprint density at radius 3 is 2.18 bits per heavy atom. The minimum Gasteiger partial charge on any atom is -1.00 e. The van der Waals surface area contributed by atoms with E-state index in [-0.39, 0.29) is 60.5 Å². The number of benzene rings is 1. The number of fused-ring (bicyclic) bond motifs is 1. The van der Waals surface area contributed by atoms with Crippen molar-refractivity contribution < 1.29 is 60.5 Å². The third kappa shape index (κ3) is 5.47. The van der Waals surface area contributed by atoms with Gasteiger partial charge in [-0.2, -0.15) is 0 Å². The number of halogens is 3. The first-order chi connectivity index (χ1) is 6.56. The van der Waals surface area contributed by atoms with E-state index >= 15 is 0 Å². The third-order valence-corrected chi connectivity index (χ3v) is 6.52. The van der Waals surface area contributed by atoms with Gasteiger partial charge in [-0.3, -0.25) is 0 Å². The summed E-state index contributed by atoms with van der Waals surface area (Å²) in [6.07, 6.45) is 4.72. The van der Waals surface area contributed by atoms with E-state index in [4.69, 9.17) is 0 Å². The quantitative estimate of drug-likeness (QED) is 0.465. The van der Waals surface area contributed by atoms with Crippen LogP contribution in [0.4, 0.5) is 0 Å². The fourth-order valence-electron chi connectivity index (χ4n) is 1.84. The van der Waals surface area contributed by atoms with Gasteiger partial charge in [-0.05, 0) is 0 Å². The van der Waals surface area contributed by atoms with Crippen LogP contribution in [0.25, 0.3) is 6.08 Å². The van der Waals surface area contributed by atoms with Gasteiger partial charge < -0.3 is 37.2 Å². The van der Waals surface area contributed by atoms with Gasteiger partial charge in [-0.25, -0.2) is 0 Å². The minimum atomic E-state index is -0.362. The molecule has 1 aliphatic carbocycles. The molecule has 1 atom stereocenters. The summed E-state index contributed by atoms with van der Waals surface area (Å²) in [6.45, 7) is 7.15. The predicted octanol–water partition coefficient (Wildman–Crippen LogP) is -4.93. The second-order valence-electron chi connectivity index (χ2n) is 4.86. The Balaban J connectivity index is 0. The molecule has 0 nitrogen and oxygen atoms in total. The van der Waals surface area contributed by atoms with Crippen molar-refractivity contribution in [2.24, 2.45) is 0 Å². The summed E-state index contributed by atoms with van der Waals surface area (Å²) in [5.74, 6) is 0. The van der Waals surface area contributed by atoms with E-state index in [1.165, 1.54) is 5.56 Å². The van der Waals surface area contributed by atoms with E-state index in [9.17, 15) is 0 Å². The number of rotatable bonds is 1. The van der Waals surface area contributed by atoms with Crippen LogP contribution in [0.3, 0.4) is 0 Å². The van der Waals surface area contributed by atoms with Crippen molar-refractivity contribution in [1.82, 2.24) is 0 Å². The zero-order valence-electron chi connectivity index (χ0n) is 10.2. The van der Waals surface area contributed by atoms with Gasteiger partial charge in [-0.1, -0.05) is 0 Å². The van der Waals surface area contributed by atoms with Crippen molar-refractivity contribution in [3.63, 3.8) is 0 Å². The molecule has 0 bridgehead atoms. The third-order valence-electron chi connectivity index (χ3n) is 2.39. The first-order valence-corrected chi connectivity index (χ1v) is 7.76. The molecule has 0 radical (unpaired) electrons. The molecule has 0 N–H and O–H groups in total. The molecule has 1 aromatic rings. The second-order valence-corrected chi connectivity index (χ2v) is 10.8. The Bertz CT molecular complexity index is 369. The molecule has 1 aromatic carbocycles. The second kappa shape index (κ2) is 8.00. The zero-order valence-corrected chi connectivity index (χ0v) is 14.9. The molecular formula is C13H16Cl3Zr. The molecule has 93 valence electrons. The molecule has 0 amide bonds. The monoisotopic (exact) mass is 367 g/mol. The maximum absolute atomic E-state index is 2.42. The smallest absolute Gasteiger partial charge is 1.00 e. The van der Waals surface area contributed by atoms with Gasteiger partial charge in [0.15, 0.2) is 0 Å². The van der Waals surface area contributed by atoms with Crippen LogP contribution in [0, 0.1) is 0 Å². The van der Waals surface area contributed by atoms with Gasteiger partial charge in [0.05, 0.1) is 0 Å². The van der Waals surface area contributed by atoms with Gasteiger partial charge in [-0.15, -0.1) is 0 Å². The fourth-order valence-corrected chi connectivity index (χ4v) is 5.64. The zero-order chi connectivity index (χ0) is 10.2. The van der Waals surface area contributed by atoms with Crippen LogP contribution in [0.2, 0.25) is 3.12 Å². The molecule has 1 unspecified atom stereocenters. The molecule has 1 aliphatic rings. The Hall–Kier alpha value is 0.713. The van der Waals surface area contributed by atoms with Gasteiger partial charge >= 0.3 is 98.3 Å². The van der Waals surface area contributed by atoms with Crippen LogP contribution in [0.5, 0.6) is 0 Å². The van der Waals surface area contributed by atoms with Crippen LogP contribution in [0.1, 0.15) is 35.5 Å². The molecule has 2 rings (SSSR count). The molecule has 0 spiro atoms. The van der Waals surface area contributed by atoms with E-state index in [0.717, 1.165) is 3.63 Å². The maximum Gasteiger partial charge on any atom is -1.00 e. The molecule has 0 fully saturated rings. The number of hydrogen-bond acceptors (Lipinski definition) is 0. The van der Waals surface area contributed by atoms with Crippen molar-refractivity contribution in [2.45, 2.75) is 27.5 Å². The van der Waals surface area contributed by atoms with E-state index in [1.54, 1.807) is 5.56 Å². The fraction of sp³-hybridized carbons (Fsp3) is 0.385. The SMILES string of the molecule is C[C](C)(C)[Zr+3][CH]1C=Cc2ccccc21.[Cl-].[Cl-].[Cl-]. The number of hydrogen-bond donors (Lipinski definition) is 0. The molecule has 0 aliphatic heterocycles. The Labute approximate surface area is 134 Å². The van der Waals surface area contributed by atoms with Crippen LogP contribution in [-0.4, -0.2) is 0 Å². The molecule has 0 aromatic heterocycles. The van der Waals surface area contributed by atoms with Crippen LogP contribution >= 0.6 is 0 Å². The van der Waals surface area contributed by atoms with E-state index in [0.29, 0.717) is 3.12 Å². The summed E-state index contributed by atoms with van der Waals surface area (Å²) in [5.41, 5.74) is 3.02. The van der Waals surface area contributed by atoms with Gasteiger partial charge in [0.2, 0.25) is 0 Å². The minimum absolute atomic E-state index is 0. The average molecular weight is 370 g/mol. The largest absolute Gasteiger partial charge is 1.00 e. The van der Waals surface area contributed by atoms with E-state index < -0.39 is 0 Å². The maximum atomic E-state index is 2.42. The summed E-state index contributed by atoms with van der Waals surface area (Å²) in [4.78, 5) is 0. The standard InChI is InChI=1S/C9H7.C4H9.3ClH.Zr/c1-2-5-9-7-3-6-8(9)4-1;1-4(2)3;;;;/h1-7H;1-3H3;3*1H;/q;;;;;+3/p-3. The Morgan fingerprint density at radius 2 is 1.59 bits per heavy atom. The number of allylic oxidation sites excluding steroid dienone is 1. The molecule has 0 heterocycles. The molecule has 0 saturated heterocycles. The van der Waals surface area contributed by atoms with Gasteiger partial charge in [0.1, 0.15) is 0 Å². The first kappa shape index (κ1) is 20.0. The Kier molecular flexibility index (Phi) is 9.43. The topological polar surface area (TPSA) is 0 Å². The molecule has 0 saturated carbocycles. The van der Waals surface area contributed by atoms with Crippen molar-refractivity contribution >= 4 is 6.08 Å². The van der Waals surface area contributed by atoms with Crippen LogP contribution < -0.4 is 37.2 Å². The molecule has 4 heteroatoms. The van der Waals surface area contributed by atoms with E-state index in [2.05, 4.69) is 57.2 Å². The average Bonchev–Trinajstić information content (AvgIpc) is 2.47. The summed E-state index contributed by atoms with van der Waals surface area (Å²) in [6, 6.07) is 8.83. The summed E-state index contributed by atoms with van der Waals surface area (Å²) < 4.78 is 1.38. The van der Waals surface area contributed by atoms with Gasteiger partial charge in [0.25, 0.3) is 0 Å². The Morgan fingerprint density at radius 1 is 1.00 bits per heavy atom. The van der Waals surface area contributed by atoms with Crippen molar-refractivity contribution in [3.8, 4) is 0 Å². The summed E-state index contributed by atoms with van der Waals surface area (Å²) in [7, 11) is 0. The van der Waals surface area contributed by atoms with Crippen molar-refractivity contribution in [3.05, 3.63) is 41.5 Å². The predicted molar refractivity (Wildman–Crippen MR) is 57.9 cm³/mol. The van der Waals surface area contributed by atoms with E-state index in [1.807, 2.05) is 0 Å². The summed E-state index contributed by atoms with van der Waals surface area (Å²) >= 11 is -0.362. The first-order valence-electron chi connectivity index (χ1n) is 5.11.